The third-order valence-electron chi connectivity index (χ3n) is 3.44. The summed E-state index contributed by atoms with van der Waals surface area (Å²) in [6.45, 7) is 11.1. The largest absolute Gasteiger partial charge is 0.444 e. The summed E-state index contributed by atoms with van der Waals surface area (Å²) in [5.74, 6) is 0.500. The molecular formula is C15H30N2O3. The Morgan fingerprint density at radius 3 is 2.75 bits per heavy atom. The number of methoxy groups -OCH3 is 1. The molecule has 0 aliphatic carbocycles. The van der Waals surface area contributed by atoms with Crippen molar-refractivity contribution in [1.29, 1.82) is 0 Å². The minimum absolute atomic E-state index is 0.188. The molecular weight excluding hydrogens is 256 g/mol. The first-order valence-electron chi connectivity index (χ1n) is 7.53. The molecule has 0 spiro atoms. The second kappa shape index (κ2) is 7.84. The zero-order chi connectivity index (χ0) is 15.2. The van der Waals surface area contributed by atoms with E-state index in [1.54, 1.807) is 7.11 Å². The van der Waals surface area contributed by atoms with Gasteiger partial charge < -0.3 is 19.7 Å². The standard InChI is InChI=1S/C15H30N2O3/c1-12(19-5)9-16-10-13-7-6-8-17(11-13)14(18)20-15(2,3)4/h12-13,16H,6-11H2,1-5H3. The van der Waals surface area contributed by atoms with Gasteiger partial charge in [-0.3, -0.25) is 0 Å². The number of nitrogens with one attached hydrogen (secondary N) is 1. The van der Waals surface area contributed by atoms with Gasteiger partial charge in [0.2, 0.25) is 0 Å². The Balaban J connectivity index is 2.33. The second-order valence-corrected chi connectivity index (χ2v) is 6.64. The normalized spacial score (nSPS) is 21.6. The van der Waals surface area contributed by atoms with Crippen LogP contribution in [-0.4, -0.2) is 56.0 Å². The van der Waals surface area contributed by atoms with Gasteiger partial charge in [0.25, 0.3) is 0 Å². The minimum atomic E-state index is -0.420. The fourth-order valence-electron chi connectivity index (χ4n) is 2.30. The molecule has 0 aromatic heterocycles. The molecule has 2 unspecified atom stereocenters. The SMILES string of the molecule is COC(C)CNCC1CCCN(C(=O)OC(C)(C)C)C1. The first kappa shape index (κ1) is 17.2. The zero-order valence-electron chi connectivity index (χ0n) is 13.6. The Morgan fingerprint density at radius 1 is 1.45 bits per heavy atom. The van der Waals surface area contributed by atoms with E-state index in [-0.39, 0.29) is 12.2 Å². The van der Waals surface area contributed by atoms with E-state index in [2.05, 4.69) is 5.32 Å². The van der Waals surface area contributed by atoms with Crippen LogP contribution in [0.3, 0.4) is 0 Å². The quantitative estimate of drug-likeness (QED) is 0.842. The molecule has 5 heteroatoms. The van der Waals surface area contributed by atoms with Crippen molar-refractivity contribution in [2.75, 3.05) is 33.3 Å². The number of carbonyl (C=O) groups excluding carboxylic acids is 1. The highest BCUT2D eigenvalue weighted by Crippen LogP contribution is 2.18. The number of nitrogens with zero attached hydrogens (tertiary/aromatic N) is 1. The summed E-state index contributed by atoms with van der Waals surface area (Å²) in [7, 11) is 1.72. The third-order valence-corrected chi connectivity index (χ3v) is 3.44. The highest BCUT2D eigenvalue weighted by Gasteiger charge is 2.27. The van der Waals surface area contributed by atoms with Gasteiger partial charge in [-0.2, -0.15) is 0 Å². The molecule has 0 aromatic rings. The molecule has 118 valence electrons. The fourth-order valence-corrected chi connectivity index (χ4v) is 2.30. The number of ether oxygens (including phenoxy) is 2. The Bertz CT molecular complexity index is 302. The lowest BCUT2D eigenvalue weighted by Crippen LogP contribution is -2.45. The van der Waals surface area contributed by atoms with Crippen LogP contribution in [-0.2, 0) is 9.47 Å². The molecule has 1 amide bonds. The number of piperidine rings is 1. The predicted octanol–water partition coefficient (Wildman–Crippen LogP) is 2.26. The minimum Gasteiger partial charge on any atom is -0.444 e. The molecule has 1 aliphatic heterocycles. The maximum Gasteiger partial charge on any atom is 0.410 e. The number of likely N-dealkylation sites (tertiary alicyclic amines) is 1. The van der Waals surface area contributed by atoms with Crippen molar-refractivity contribution in [3.8, 4) is 0 Å². The number of carbonyl (C=O) groups is 1. The van der Waals surface area contributed by atoms with E-state index in [4.69, 9.17) is 9.47 Å². The lowest BCUT2D eigenvalue weighted by molar-refractivity contribution is 0.0164. The van der Waals surface area contributed by atoms with Crippen molar-refractivity contribution in [2.24, 2.45) is 5.92 Å². The van der Waals surface area contributed by atoms with E-state index in [9.17, 15) is 4.79 Å². The first-order chi connectivity index (χ1) is 9.31. The van der Waals surface area contributed by atoms with Crippen molar-refractivity contribution in [3.63, 3.8) is 0 Å². The number of rotatable bonds is 5. The molecule has 1 N–H and O–H groups in total. The van der Waals surface area contributed by atoms with Crippen molar-refractivity contribution in [1.82, 2.24) is 10.2 Å². The van der Waals surface area contributed by atoms with Gasteiger partial charge in [-0.05, 0) is 53.0 Å². The van der Waals surface area contributed by atoms with Gasteiger partial charge in [-0.15, -0.1) is 0 Å². The molecule has 1 fully saturated rings. The molecule has 20 heavy (non-hydrogen) atoms. The topological polar surface area (TPSA) is 50.8 Å². The summed E-state index contributed by atoms with van der Waals surface area (Å²) >= 11 is 0. The number of amides is 1. The van der Waals surface area contributed by atoms with Gasteiger partial charge in [-0.1, -0.05) is 0 Å². The average molecular weight is 286 g/mol. The lowest BCUT2D eigenvalue weighted by Gasteiger charge is -2.34. The van der Waals surface area contributed by atoms with Gasteiger partial charge in [0, 0.05) is 26.7 Å². The van der Waals surface area contributed by atoms with E-state index >= 15 is 0 Å². The molecule has 1 rings (SSSR count). The van der Waals surface area contributed by atoms with Crippen LogP contribution in [0.5, 0.6) is 0 Å². The van der Waals surface area contributed by atoms with Gasteiger partial charge in [0.05, 0.1) is 6.10 Å². The Hall–Kier alpha value is -0.810. The summed E-state index contributed by atoms with van der Waals surface area (Å²) < 4.78 is 10.6. The van der Waals surface area contributed by atoms with Crippen molar-refractivity contribution in [2.45, 2.75) is 52.2 Å². The third kappa shape index (κ3) is 6.57. The van der Waals surface area contributed by atoms with Crippen LogP contribution in [0.1, 0.15) is 40.5 Å². The van der Waals surface area contributed by atoms with Crippen molar-refractivity contribution >= 4 is 6.09 Å². The predicted molar refractivity (Wildman–Crippen MR) is 79.9 cm³/mol. The highest BCUT2D eigenvalue weighted by atomic mass is 16.6. The summed E-state index contributed by atoms with van der Waals surface area (Å²) in [6.07, 6.45) is 2.24. The van der Waals surface area contributed by atoms with E-state index in [0.29, 0.717) is 5.92 Å². The van der Waals surface area contributed by atoms with Crippen molar-refractivity contribution in [3.05, 3.63) is 0 Å². The smallest absolute Gasteiger partial charge is 0.410 e. The molecule has 1 aliphatic rings. The summed E-state index contributed by atoms with van der Waals surface area (Å²) in [4.78, 5) is 13.9. The monoisotopic (exact) mass is 286 g/mol. The summed E-state index contributed by atoms with van der Waals surface area (Å²) in [5.41, 5.74) is -0.420. The zero-order valence-corrected chi connectivity index (χ0v) is 13.6. The lowest BCUT2D eigenvalue weighted by atomic mass is 9.98. The number of hydrogen-bond donors (Lipinski definition) is 1. The maximum absolute atomic E-state index is 12.1. The molecule has 0 aromatic carbocycles. The molecule has 2 atom stereocenters. The Labute approximate surface area is 123 Å². The molecule has 1 heterocycles. The first-order valence-corrected chi connectivity index (χ1v) is 7.53. The fraction of sp³-hybridized carbons (Fsp3) is 0.933. The average Bonchev–Trinajstić information content (AvgIpc) is 2.37. The van der Waals surface area contributed by atoms with E-state index in [0.717, 1.165) is 39.0 Å². The molecule has 0 saturated carbocycles. The summed E-state index contributed by atoms with van der Waals surface area (Å²) in [5, 5.41) is 3.41. The molecule has 0 radical (unpaired) electrons. The molecule has 5 nitrogen and oxygen atoms in total. The second-order valence-electron chi connectivity index (χ2n) is 6.64. The van der Waals surface area contributed by atoms with E-state index in [1.165, 1.54) is 0 Å². The highest BCUT2D eigenvalue weighted by molar-refractivity contribution is 5.68. The Morgan fingerprint density at radius 2 is 2.15 bits per heavy atom. The summed E-state index contributed by atoms with van der Waals surface area (Å²) in [6, 6.07) is 0. The van der Waals surface area contributed by atoms with Gasteiger partial charge in [0.1, 0.15) is 5.60 Å². The van der Waals surface area contributed by atoms with Gasteiger partial charge in [0.15, 0.2) is 0 Å². The van der Waals surface area contributed by atoms with Crippen LogP contribution < -0.4 is 5.32 Å². The van der Waals surface area contributed by atoms with Gasteiger partial charge >= 0.3 is 6.09 Å². The number of hydrogen-bond acceptors (Lipinski definition) is 4. The van der Waals surface area contributed by atoms with Crippen molar-refractivity contribution < 1.29 is 14.3 Å². The molecule has 1 saturated heterocycles. The maximum atomic E-state index is 12.1. The van der Waals surface area contributed by atoms with Crippen LogP contribution in [0, 0.1) is 5.92 Å². The molecule has 0 bridgehead atoms. The van der Waals surface area contributed by atoms with E-state index in [1.807, 2.05) is 32.6 Å². The van der Waals surface area contributed by atoms with Gasteiger partial charge in [-0.25, -0.2) is 4.79 Å². The van der Waals surface area contributed by atoms with Crippen LogP contribution in [0.2, 0.25) is 0 Å². The Kier molecular flexibility index (Phi) is 6.76. The van der Waals surface area contributed by atoms with Crippen LogP contribution >= 0.6 is 0 Å². The van der Waals surface area contributed by atoms with E-state index < -0.39 is 5.60 Å². The van der Waals surface area contributed by atoms with Crippen LogP contribution in [0.15, 0.2) is 0 Å². The van der Waals surface area contributed by atoms with Crippen LogP contribution in [0.25, 0.3) is 0 Å². The van der Waals surface area contributed by atoms with Crippen LogP contribution in [0.4, 0.5) is 4.79 Å².